The summed E-state index contributed by atoms with van der Waals surface area (Å²) in [5.41, 5.74) is 0. The minimum Gasteiger partial charge on any atom is -0.416 e. The summed E-state index contributed by atoms with van der Waals surface area (Å²) in [6.45, 7) is 43.0. The SMILES string of the molecule is CC(C)C[Si]12O[Si](C)(C)O[Si](C)(C)O[Si]3(CC(C)C)O[Si]4(CC(C)C)O[Si](CC(C)C)(O1)O[Si]1(CC(C)C)O[Si](CC(C)C)(O2)O[Si](CC(C)C)(O3)O[Si](CC(C)C)(O4)O1. The fourth-order valence-electron chi connectivity index (χ4n) is 9.49. The Morgan fingerprint density at radius 2 is 0.317 bits per heavy atom. The molecule has 6 aliphatic rings. The van der Waals surface area contributed by atoms with E-state index in [1.165, 1.54) is 0 Å². The first-order chi connectivity index (χ1) is 27.2. The van der Waals surface area contributed by atoms with E-state index in [-0.39, 0.29) is 47.3 Å². The van der Waals surface area contributed by atoms with E-state index in [1.54, 1.807) is 0 Å². The minimum atomic E-state index is -4.12. The van der Waals surface area contributed by atoms with Crippen LogP contribution in [0.2, 0.25) is 74.5 Å². The molecule has 0 radical (unpaired) electrons. The van der Waals surface area contributed by atoms with Gasteiger partial charge in [-0.05, 0) is 73.5 Å². The first-order valence-corrected chi connectivity index (χ1v) is 44.1. The van der Waals surface area contributed by atoms with Gasteiger partial charge in [0, 0.05) is 48.4 Å². The predicted molar refractivity (Wildman–Crippen MR) is 253 cm³/mol. The van der Waals surface area contributed by atoms with Gasteiger partial charge in [-0.2, -0.15) is 0 Å². The summed E-state index contributed by atoms with van der Waals surface area (Å²) in [6, 6.07) is 3.55. The molecule has 4 unspecified atom stereocenters. The van der Waals surface area contributed by atoms with Gasteiger partial charge in [-0.1, -0.05) is 111 Å². The lowest BCUT2D eigenvalue weighted by atomic mass is 10.3. The van der Waals surface area contributed by atoms with E-state index in [0.29, 0.717) is 48.4 Å². The minimum absolute atomic E-state index is 0.0680. The van der Waals surface area contributed by atoms with Crippen molar-refractivity contribution in [3.8, 4) is 0 Å². The van der Waals surface area contributed by atoms with Crippen LogP contribution in [0.25, 0.3) is 0 Å². The Hall–Kier alpha value is 1.61. The summed E-state index contributed by atoms with van der Waals surface area (Å²) in [5.74, 6) is 0.635. The Kier molecular flexibility index (Phi) is 16.3. The van der Waals surface area contributed by atoms with E-state index in [4.69, 9.17) is 57.6 Å². The highest BCUT2D eigenvalue weighted by Gasteiger charge is 2.81. The van der Waals surface area contributed by atoms with Crippen LogP contribution in [-0.4, -0.2) is 87.6 Å². The summed E-state index contributed by atoms with van der Waals surface area (Å²) in [5, 5.41) is 0. The molecule has 14 nitrogen and oxygen atoms in total. The van der Waals surface area contributed by atoms with E-state index in [0.717, 1.165) is 0 Å². The highest BCUT2D eigenvalue weighted by atomic mass is 28.6. The van der Waals surface area contributed by atoms with Crippen LogP contribution in [0.5, 0.6) is 0 Å². The molecule has 352 valence electrons. The van der Waals surface area contributed by atoms with Gasteiger partial charge in [-0.3, -0.25) is 0 Å². The van der Waals surface area contributed by atoms with Crippen molar-refractivity contribution in [2.45, 2.75) is 185 Å². The fourth-order valence-corrected chi connectivity index (χ4v) is 71.1. The van der Waals surface area contributed by atoms with Crippen molar-refractivity contribution in [2.24, 2.45) is 47.3 Å². The monoisotopic (exact) mass is 1020 g/mol. The third-order valence-corrected chi connectivity index (χ3v) is 58.2. The van der Waals surface area contributed by atoms with Crippen LogP contribution in [0.15, 0.2) is 0 Å². The second-order valence-corrected chi connectivity index (χ2v) is 53.7. The third kappa shape index (κ3) is 13.0. The second kappa shape index (κ2) is 18.6. The van der Waals surface area contributed by atoms with E-state index >= 15 is 0 Å². The van der Waals surface area contributed by atoms with Crippen LogP contribution in [0.1, 0.15) is 111 Å². The largest absolute Gasteiger partial charge is 0.479 e. The fraction of sp³-hybridized carbons (Fsp3) is 1.00. The van der Waals surface area contributed by atoms with E-state index in [2.05, 4.69) is 137 Å². The molecule has 6 aliphatic heterocycles. The molecule has 0 spiro atoms. The molecule has 4 atom stereocenters. The zero-order chi connectivity index (χ0) is 45.2. The zero-order valence-corrected chi connectivity index (χ0v) is 51.0. The lowest BCUT2D eigenvalue weighted by Gasteiger charge is -2.62. The number of rotatable bonds is 16. The normalized spacial score (nSPS) is 40.6. The first kappa shape index (κ1) is 52.6. The van der Waals surface area contributed by atoms with Crippen LogP contribution in [0, 0.1) is 47.3 Å². The van der Waals surface area contributed by atoms with Crippen LogP contribution in [0.4, 0.5) is 0 Å². The topological polar surface area (TPSA) is 129 Å². The van der Waals surface area contributed by atoms with Crippen molar-refractivity contribution >= 4 is 87.6 Å². The Bertz CT molecular complexity index is 1320. The zero-order valence-electron chi connectivity index (χ0n) is 41.0. The summed E-state index contributed by atoms with van der Waals surface area (Å²) in [4.78, 5) is 0. The molecule has 6 rings (SSSR count). The molecule has 0 aromatic heterocycles. The smallest absolute Gasteiger partial charge is 0.416 e. The van der Waals surface area contributed by atoms with Gasteiger partial charge in [0.2, 0.25) is 0 Å². The maximum Gasteiger partial charge on any atom is 0.479 e. The summed E-state index contributed by atoms with van der Waals surface area (Å²) >= 11 is 0. The van der Waals surface area contributed by atoms with Crippen molar-refractivity contribution in [1.29, 1.82) is 0 Å². The quantitative estimate of drug-likeness (QED) is 0.136. The predicted octanol–water partition coefficient (Wildman–Crippen LogP) is 10.4. The number of hydrogen-bond donors (Lipinski definition) is 0. The number of hydrogen-bond acceptors (Lipinski definition) is 14. The molecule has 0 N–H and O–H groups in total. The Balaban J connectivity index is 2.09. The lowest BCUT2D eigenvalue weighted by molar-refractivity contribution is -0.0151. The second-order valence-electron chi connectivity index (χ2n) is 22.5. The molecule has 24 heteroatoms. The van der Waals surface area contributed by atoms with Gasteiger partial charge < -0.3 is 57.6 Å². The summed E-state index contributed by atoms with van der Waals surface area (Å²) in [6.07, 6.45) is 0. The molecular formula is C36H84O14Si10. The maximum absolute atomic E-state index is 8.02. The highest BCUT2D eigenvalue weighted by molar-refractivity contribution is 7.02. The molecule has 6 heterocycles. The summed E-state index contributed by atoms with van der Waals surface area (Å²) < 4.78 is 110. The molecule has 0 amide bonds. The standard InChI is InChI=1S/C36H84O14Si10/c1-29(2)21-53-38-51(17,18)37-52(19,20)39-54(22-30(3)4)42-57(25-33(9)10)44-55(40-53,23-31(5)6)46-59(27-35(13)14)47-56(41-53,24-32(7)8)45-58(43-54,26-34(11)12)49-60(48-57,50-59)28-36(15)16/h29-36H,21-28H2,1-20H3. The molecular weight excluding hydrogens is 937 g/mol. The number of fused-ring (bicyclic) bond motifs is 4. The lowest BCUT2D eigenvalue weighted by Crippen LogP contribution is -2.86. The van der Waals surface area contributed by atoms with Gasteiger partial charge in [0.25, 0.3) is 0 Å². The van der Waals surface area contributed by atoms with E-state index in [1.807, 2.05) is 0 Å². The van der Waals surface area contributed by atoms with Gasteiger partial charge in [-0.15, -0.1) is 0 Å². The van der Waals surface area contributed by atoms with Crippen molar-refractivity contribution in [3.05, 3.63) is 0 Å². The average molecular weight is 1020 g/mol. The molecule has 60 heavy (non-hydrogen) atoms. The molecule has 0 aromatic carbocycles. The van der Waals surface area contributed by atoms with Gasteiger partial charge in [0.05, 0.1) is 0 Å². The molecule has 6 fully saturated rings. The Morgan fingerprint density at radius 1 is 0.200 bits per heavy atom. The van der Waals surface area contributed by atoms with Crippen LogP contribution >= 0.6 is 0 Å². The van der Waals surface area contributed by atoms with Gasteiger partial charge in [0.15, 0.2) is 0 Å². The van der Waals surface area contributed by atoms with Crippen molar-refractivity contribution < 1.29 is 57.6 Å². The highest BCUT2D eigenvalue weighted by Crippen LogP contribution is 2.54. The molecule has 0 aromatic rings. The van der Waals surface area contributed by atoms with Gasteiger partial charge >= 0.3 is 87.6 Å². The van der Waals surface area contributed by atoms with Crippen LogP contribution in [0.3, 0.4) is 0 Å². The first-order valence-electron chi connectivity index (χ1n) is 23.0. The molecule has 0 aliphatic carbocycles. The maximum atomic E-state index is 8.02. The van der Waals surface area contributed by atoms with Gasteiger partial charge in [-0.25, -0.2) is 0 Å². The Morgan fingerprint density at radius 3 is 0.433 bits per heavy atom. The average Bonchev–Trinajstić information content (AvgIpc) is 2.88. The Labute approximate surface area is 375 Å². The van der Waals surface area contributed by atoms with Gasteiger partial charge in [0.1, 0.15) is 0 Å². The van der Waals surface area contributed by atoms with E-state index in [9.17, 15) is 0 Å². The van der Waals surface area contributed by atoms with Crippen LogP contribution in [-0.2, 0) is 57.6 Å². The van der Waals surface area contributed by atoms with E-state index < -0.39 is 87.6 Å². The van der Waals surface area contributed by atoms with Crippen molar-refractivity contribution in [3.63, 3.8) is 0 Å². The molecule has 8 bridgehead atoms. The van der Waals surface area contributed by atoms with Crippen molar-refractivity contribution in [1.82, 2.24) is 0 Å². The molecule has 0 saturated carbocycles. The van der Waals surface area contributed by atoms with Crippen molar-refractivity contribution in [2.75, 3.05) is 0 Å². The third-order valence-electron chi connectivity index (χ3n) is 9.98. The summed E-state index contributed by atoms with van der Waals surface area (Å²) in [7, 11) is -39.0. The van der Waals surface area contributed by atoms with Crippen LogP contribution < -0.4 is 0 Å². The molecule has 6 saturated heterocycles.